The zero-order valence-electron chi connectivity index (χ0n) is 38.6. The van der Waals surface area contributed by atoms with Crippen LogP contribution in [0.1, 0.15) is 91.0 Å². The molecule has 1 spiro atoms. The van der Waals surface area contributed by atoms with E-state index in [1.165, 1.54) is 5.01 Å². The standard InChI is InChI=1S/C50H69N7O6/c1-10-36(42(52-11-2)32(6)62-9)44-38-28-49(7,8)30-63-47(60)39-17-14-23-57(54-39)46(59)40(53-45(58)43(31(4)5)56-24-21-50(48(56)61)20-22-51-29-50)26-33-15-13-16-34(25-33)35-18-19-41(37(38)27-35)55(44)12-3/h10-11,13,15-16,18-19,25,27,31-32,39-40,43,48,51,54,61H,1,12,14,17,20-24,26,28-30H2,2-9H3,(H,53,58)/b42-36+,52-11?/t32-,39-,40-,43-,48?,50-/m0/s1. The van der Waals surface area contributed by atoms with E-state index in [2.05, 4.69) is 78.3 Å². The molecule has 3 saturated heterocycles. The number of amides is 2. The molecule has 13 heteroatoms. The SMILES string of the molecule is C=C/C(=C(\N=CC)[C@H](C)OC)c1c2c3cc(ccc3n1CC)-c1cccc(c1)C[C@H](NC(=O)[C@H](C(C)C)N1CC[C@]3(CCNC3)C1O)C(=O)N1CCC[C@H](N1)C(=O)OCC(C)(C)C2. The van der Waals surface area contributed by atoms with Crippen LogP contribution in [-0.2, 0) is 43.2 Å². The Morgan fingerprint density at radius 1 is 1.13 bits per heavy atom. The zero-order valence-corrected chi connectivity index (χ0v) is 38.6. The van der Waals surface area contributed by atoms with Crippen molar-refractivity contribution in [2.24, 2.45) is 21.7 Å². The van der Waals surface area contributed by atoms with Crippen molar-refractivity contribution in [3.05, 3.63) is 77.6 Å². The van der Waals surface area contributed by atoms with Gasteiger partial charge >= 0.3 is 5.97 Å². The number of hydrogen-bond donors (Lipinski definition) is 4. The van der Waals surface area contributed by atoms with Crippen LogP contribution >= 0.6 is 0 Å². The first-order valence-corrected chi connectivity index (χ1v) is 23.0. The number of allylic oxidation sites excluding steroid dienone is 2. The summed E-state index contributed by atoms with van der Waals surface area (Å²) in [5.74, 6) is -1.18. The lowest BCUT2D eigenvalue weighted by Crippen LogP contribution is -2.62. The second-order valence-electron chi connectivity index (χ2n) is 19.1. The van der Waals surface area contributed by atoms with E-state index in [-0.39, 0.29) is 42.3 Å². The zero-order chi connectivity index (χ0) is 45.2. The lowest BCUT2D eigenvalue weighted by atomic mass is 9.84. The summed E-state index contributed by atoms with van der Waals surface area (Å²) in [5, 5.41) is 20.8. The molecule has 5 heterocycles. The Kier molecular flexibility index (Phi) is 14.1. The third-order valence-electron chi connectivity index (χ3n) is 13.8. The molecule has 1 unspecified atom stereocenters. The first kappa shape index (κ1) is 46.3. The van der Waals surface area contributed by atoms with Crippen molar-refractivity contribution in [3.8, 4) is 11.1 Å². The van der Waals surface area contributed by atoms with Gasteiger partial charge in [-0.05, 0) is 99.7 Å². The van der Waals surface area contributed by atoms with Crippen LogP contribution in [0.3, 0.4) is 0 Å². The van der Waals surface area contributed by atoms with Crippen LogP contribution in [0.4, 0.5) is 0 Å². The minimum Gasteiger partial charge on any atom is -0.464 e. The monoisotopic (exact) mass is 864 g/mol. The fourth-order valence-electron chi connectivity index (χ4n) is 10.4. The molecule has 6 atom stereocenters. The van der Waals surface area contributed by atoms with Crippen LogP contribution in [0, 0.1) is 16.7 Å². The van der Waals surface area contributed by atoms with Gasteiger partial charge in [0, 0.05) is 73.2 Å². The van der Waals surface area contributed by atoms with Crippen LogP contribution in [0.5, 0.6) is 0 Å². The highest BCUT2D eigenvalue weighted by Crippen LogP contribution is 2.43. The van der Waals surface area contributed by atoms with Gasteiger partial charge in [0.2, 0.25) is 5.91 Å². The predicted molar refractivity (Wildman–Crippen MR) is 249 cm³/mol. The van der Waals surface area contributed by atoms with Gasteiger partial charge in [-0.25, -0.2) is 5.43 Å². The Labute approximate surface area is 373 Å². The number of aliphatic hydroxyl groups is 1. The van der Waals surface area contributed by atoms with Crippen molar-refractivity contribution >= 4 is 40.5 Å². The average Bonchev–Trinajstić information content (AvgIpc) is 3.97. The summed E-state index contributed by atoms with van der Waals surface area (Å²) in [6.07, 6.45) is 6.12. The molecule has 2 aromatic carbocycles. The fourth-order valence-corrected chi connectivity index (χ4v) is 10.4. The topological polar surface area (TPSA) is 150 Å². The number of nitrogens with one attached hydrogen (secondary N) is 3. The molecule has 0 saturated carbocycles. The van der Waals surface area contributed by atoms with Gasteiger partial charge in [-0.1, -0.05) is 70.7 Å². The highest BCUT2D eigenvalue weighted by molar-refractivity contribution is 5.96. The van der Waals surface area contributed by atoms with Crippen molar-refractivity contribution in [3.63, 3.8) is 0 Å². The van der Waals surface area contributed by atoms with Gasteiger partial charge in [-0.3, -0.25) is 29.3 Å². The maximum Gasteiger partial charge on any atom is 0.324 e. The lowest BCUT2D eigenvalue weighted by Gasteiger charge is -2.38. The molecule has 0 radical (unpaired) electrons. The normalized spacial score (nSPS) is 25.9. The van der Waals surface area contributed by atoms with Gasteiger partial charge in [-0.15, -0.1) is 0 Å². The van der Waals surface area contributed by atoms with E-state index in [0.717, 1.165) is 69.5 Å². The van der Waals surface area contributed by atoms with Gasteiger partial charge in [0.05, 0.1) is 30.1 Å². The number of hydrogen-bond acceptors (Lipinski definition) is 10. The van der Waals surface area contributed by atoms with Crippen LogP contribution in [-0.4, -0.2) is 114 Å². The number of carbonyl (C=O) groups is 3. The van der Waals surface area contributed by atoms with E-state index in [4.69, 9.17) is 14.5 Å². The molecule has 6 bridgehead atoms. The summed E-state index contributed by atoms with van der Waals surface area (Å²) in [6, 6.07) is 12.4. The first-order chi connectivity index (χ1) is 30.1. The molecule has 4 N–H and O–H groups in total. The van der Waals surface area contributed by atoms with Gasteiger partial charge < -0.3 is 29.8 Å². The average molecular weight is 864 g/mol. The fraction of sp³-hybridized carbons (Fsp3) is 0.560. The number of fused-ring (bicyclic) bond motifs is 6. The summed E-state index contributed by atoms with van der Waals surface area (Å²) >= 11 is 0. The van der Waals surface area contributed by atoms with E-state index in [0.29, 0.717) is 45.4 Å². The summed E-state index contributed by atoms with van der Waals surface area (Å²) in [4.78, 5) is 49.9. The van der Waals surface area contributed by atoms with Crippen molar-refractivity contribution in [2.75, 3.05) is 39.9 Å². The number of esters is 1. The second kappa shape index (κ2) is 19.2. The summed E-state index contributed by atoms with van der Waals surface area (Å²) in [7, 11) is 1.68. The van der Waals surface area contributed by atoms with Crippen LogP contribution in [0.25, 0.3) is 27.6 Å². The van der Waals surface area contributed by atoms with E-state index >= 15 is 0 Å². The Morgan fingerprint density at radius 2 is 1.90 bits per heavy atom. The van der Waals surface area contributed by atoms with Crippen molar-refractivity contribution in [2.45, 2.75) is 124 Å². The molecule has 4 aliphatic rings. The highest BCUT2D eigenvalue weighted by atomic mass is 16.5. The molecule has 2 amide bonds. The van der Waals surface area contributed by atoms with E-state index in [1.54, 1.807) is 13.3 Å². The minimum absolute atomic E-state index is 0.131. The van der Waals surface area contributed by atoms with E-state index < -0.39 is 35.7 Å². The molecule has 3 aromatic rings. The number of hydrazine groups is 1. The maximum absolute atomic E-state index is 14.7. The Bertz CT molecular complexity index is 2250. The highest BCUT2D eigenvalue weighted by Gasteiger charge is 2.52. The number of nitrogens with zero attached hydrogens (tertiary/aromatic N) is 4. The smallest absolute Gasteiger partial charge is 0.324 e. The number of aromatic nitrogens is 1. The van der Waals surface area contributed by atoms with Gasteiger partial charge in [-0.2, -0.15) is 0 Å². The van der Waals surface area contributed by atoms with Gasteiger partial charge in [0.1, 0.15) is 18.3 Å². The van der Waals surface area contributed by atoms with Crippen molar-refractivity contribution in [1.29, 1.82) is 0 Å². The first-order valence-electron chi connectivity index (χ1n) is 23.0. The lowest BCUT2D eigenvalue weighted by molar-refractivity contribution is -0.155. The quantitative estimate of drug-likeness (QED) is 0.109. The Balaban J connectivity index is 1.33. The number of aliphatic hydroxyl groups excluding tert-OH is 1. The molecular formula is C50H69N7O6. The molecule has 1 aromatic heterocycles. The largest absolute Gasteiger partial charge is 0.464 e. The number of likely N-dealkylation sites (tertiary alicyclic amines) is 1. The number of cyclic esters (lactones) is 1. The van der Waals surface area contributed by atoms with Crippen LogP contribution in [0.2, 0.25) is 0 Å². The molecule has 63 heavy (non-hydrogen) atoms. The number of aliphatic imine (C=N–C) groups is 1. The van der Waals surface area contributed by atoms with Crippen LogP contribution < -0.4 is 16.1 Å². The summed E-state index contributed by atoms with van der Waals surface area (Å²) in [6.45, 7) is 21.9. The molecule has 3 fully saturated rings. The molecular weight excluding hydrogens is 795 g/mol. The van der Waals surface area contributed by atoms with Crippen molar-refractivity contribution in [1.82, 2.24) is 30.5 Å². The maximum atomic E-state index is 14.7. The third kappa shape index (κ3) is 9.31. The summed E-state index contributed by atoms with van der Waals surface area (Å²) in [5.41, 5.74) is 10.1. The van der Waals surface area contributed by atoms with Crippen molar-refractivity contribution < 1.29 is 29.0 Å². The number of carbonyl (C=O) groups excluding carboxylic acids is 3. The molecule has 340 valence electrons. The second-order valence-corrected chi connectivity index (χ2v) is 19.1. The van der Waals surface area contributed by atoms with Gasteiger partial charge in [0.15, 0.2) is 0 Å². The molecule has 4 aliphatic heterocycles. The van der Waals surface area contributed by atoms with E-state index in [9.17, 15) is 19.5 Å². The number of benzene rings is 2. The number of aryl methyl sites for hydroxylation is 1. The van der Waals surface area contributed by atoms with Gasteiger partial charge in [0.25, 0.3) is 5.91 Å². The number of rotatable bonds is 10. The number of ether oxygens (including phenoxy) is 2. The summed E-state index contributed by atoms with van der Waals surface area (Å²) < 4.78 is 14.3. The molecule has 7 rings (SSSR count). The third-order valence-corrected chi connectivity index (χ3v) is 13.8. The predicted octanol–water partition coefficient (Wildman–Crippen LogP) is 6.03. The number of methoxy groups -OCH3 is 1. The Morgan fingerprint density at radius 3 is 2.59 bits per heavy atom. The molecule has 13 nitrogen and oxygen atoms in total. The minimum atomic E-state index is -0.954. The molecule has 0 aliphatic carbocycles. The Hall–Kier alpha value is -4.66. The van der Waals surface area contributed by atoms with E-state index in [1.807, 2.05) is 50.8 Å². The van der Waals surface area contributed by atoms with Crippen LogP contribution in [0.15, 0.2) is 65.8 Å².